The second kappa shape index (κ2) is 3.32. The molecule has 1 aromatic rings. The second-order valence-electron chi connectivity index (χ2n) is 2.18. The first-order valence-electron chi connectivity index (χ1n) is 3.06. The van der Waals surface area contributed by atoms with Gasteiger partial charge in [-0.25, -0.2) is 0 Å². The number of nitrogens with zero attached hydrogens (tertiary/aromatic N) is 3. The summed E-state index contributed by atoms with van der Waals surface area (Å²) >= 11 is 0. The smallest absolute Gasteiger partial charge is 0.410 e. The van der Waals surface area contributed by atoms with E-state index in [-0.39, 0.29) is 0 Å². The van der Waals surface area contributed by atoms with Crippen molar-refractivity contribution in [1.82, 2.24) is 15.5 Å². The standard InChI is InChI=1S/C4F7N3O/c5-3(6,7)1-12-13-2(15-1)4(8,9)14(10)11. The van der Waals surface area contributed by atoms with Crippen LogP contribution in [0.2, 0.25) is 0 Å². The monoisotopic (exact) mass is 239 g/mol. The molecule has 0 unspecified atom stereocenters. The van der Waals surface area contributed by atoms with Crippen LogP contribution in [0.1, 0.15) is 11.8 Å². The van der Waals surface area contributed by atoms with Crippen LogP contribution in [-0.2, 0) is 12.2 Å². The number of rotatable bonds is 2. The lowest BCUT2D eigenvalue weighted by atomic mass is 10.6. The maximum absolute atomic E-state index is 12.3. The molecule has 15 heavy (non-hydrogen) atoms. The highest BCUT2D eigenvalue weighted by molar-refractivity contribution is 4.90. The van der Waals surface area contributed by atoms with Gasteiger partial charge in [-0.3, -0.25) is 0 Å². The largest absolute Gasteiger partial charge is 0.470 e. The Hall–Kier alpha value is -1.39. The van der Waals surface area contributed by atoms with Gasteiger partial charge >= 0.3 is 24.0 Å². The van der Waals surface area contributed by atoms with Gasteiger partial charge in [0.2, 0.25) is 0 Å². The normalized spacial score (nSPS) is 13.6. The number of hydrogen-bond donors (Lipinski definition) is 0. The van der Waals surface area contributed by atoms with Crippen LogP contribution in [0.15, 0.2) is 4.42 Å². The Bertz CT molecular complexity index is 344. The van der Waals surface area contributed by atoms with Gasteiger partial charge in [-0.15, -0.1) is 10.2 Å². The van der Waals surface area contributed by atoms with Crippen LogP contribution in [-0.4, -0.2) is 15.5 Å². The van der Waals surface area contributed by atoms with Crippen molar-refractivity contribution in [2.45, 2.75) is 12.2 Å². The number of alkyl halides is 5. The van der Waals surface area contributed by atoms with Gasteiger partial charge in [-0.2, -0.15) is 22.0 Å². The first kappa shape index (κ1) is 11.7. The quantitative estimate of drug-likeness (QED) is 0.450. The minimum absolute atomic E-state index is 2.13. The molecule has 1 heterocycles. The summed E-state index contributed by atoms with van der Waals surface area (Å²) in [5.74, 6) is -4.26. The van der Waals surface area contributed by atoms with Gasteiger partial charge in [-0.1, -0.05) is 8.96 Å². The number of hydrogen-bond acceptors (Lipinski definition) is 4. The Balaban J connectivity index is 3.04. The van der Waals surface area contributed by atoms with E-state index in [2.05, 4.69) is 14.6 Å². The third-order valence-electron chi connectivity index (χ3n) is 1.14. The molecule has 0 saturated carbocycles. The lowest BCUT2D eigenvalue weighted by molar-refractivity contribution is -0.349. The van der Waals surface area contributed by atoms with Crippen LogP contribution in [0.5, 0.6) is 0 Å². The first-order valence-corrected chi connectivity index (χ1v) is 3.06. The maximum atomic E-state index is 12.3. The molecule has 11 heteroatoms. The molecule has 1 rings (SSSR count). The molecular weight excluding hydrogens is 239 g/mol. The topological polar surface area (TPSA) is 42.2 Å². The minimum Gasteiger partial charge on any atom is -0.410 e. The van der Waals surface area contributed by atoms with Gasteiger partial charge < -0.3 is 4.42 Å². The van der Waals surface area contributed by atoms with E-state index in [1.807, 2.05) is 0 Å². The molecule has 4 nitrogen and oxygen atoms in total. The average Bonchev–Trinajstić information content (AvgIpc) is 2.50. The fourth-order valence-corrected chi connectivity index (χ4v) is 0.532. The molecule has 0 bridgehead atoms. The van der Waals surface area contributed by atoms with E-state index in [0.717, 1.165) is 0 Å². The Morgan fingerprint density at radius 1 is 0.933 bits per heavy atom. The van der Waals surface area contributed by atoms with Crippen LogP contribution < -0.4 is 0 Å². The molecule has 86 valence electrons. The van der Waals surface area contributed by atoms with Crippen molar-refractivity contribution in [3.63, 3.8) is 0 Å². The molecule has 0 radical (unpaired) electrons. The minimum atomic E-state index is -5.17. The van der Waals surface area contributed by atoms with Crippen molar-refractivity contribution < 1.29 is 35.3 Å². The highest BCUT2D eigenvalue weighted by atomic mass is 19.4. The predicted octanol–water partition coefficient (Wildman–Crippen LogP) is 2.21. The molecule has 0 aromatic carbocycles. The molecule has 0 aliphatic heterocycles. The first-order chi connectivity index (χ1) is 6.65. The van der Waals surface area contributed by atoms with Crippen molar-refractivity contribution in [3.05, 3.63) is 11.8 Å². The zero-order valence-corrected chi connectivity index (χ0v) is 6.40. The SMILES string of the molecule is FN(F)C(F)(F)c1nnc(C(F)(F)F)o1. The molecule has 1 aromatic heterocycles. The van der Waals surface area contributed by atoms with Gasteiger partial charge in [-0.05, 0) is 0 Å². The Morgan fingerprint density at radius 3 is 1.73 bits per heavy atom. The van der Waals surface area contributed by atoms with Crippen LogP contribution in [0.4, 0.5) is 30.9 Å². The number of aromatic nitrogens is 2. The summed E-state index contributed by atoms with van der Waals surface area (Å²) < 4.78 is 86.1. The fraction of sp³-hybridized carbons (Fsp3) is 0.500. The molecule has 0 atom stereocenters. The molecule has 0 saturated heterocycles. The van der Waals surface area contributed by atoms with E-state index in [1.54, 1.807) is 0 Å². The number of halogens is 7. The highest BCUT2D eigenvalue weighted by Crippen LogP contribution is 2.35. The van der Waals surface area contributed by atoms with Crippen molar-refractivity contribution >= 4 is 0 Å². The summed E-state index contributed by atoms with van der Waals surface area (Å²) in [5.41, 5.74) is 0. The van der Waals surface area contributed by atoms with Gasteiger partial charge in [0.05, 0.1) is 0 Å². The predicted molar refractivity (Wildman–Crippen MR) is 27.2 cm³/mol. The molecule has 0 fully saturated rings. The summed E-state index contributed by atoms with van der Waals surface area (Å²) in [4.78, 5) is 0. The van der Waals surface area contributed by atoms with Gasteiger partial charge in [0.15, 0.2) is 0 Å². The van der Waals surface area contributed by atoms with Gasteiger partial charge in [0, 0.05) is 0 Å². The molecule has 0 amide bonds. The zero-order valence-electron chi connectivity index (χ0n) is 6.40. The van der Waals surface area contributed by atoms with Crippen LogP contribution in [0.25, 0.3) is 0 Å². The molecule has 0 N–H and O–H groups in total. The van der Waals surface area contributed by atoms with E-state index < -0.39 is 29.3 Å². The Morgan fingerprint density at radius 2 is 1.40 bits per heavy atom. The molecule has 0 aliphatic carbocycles. The van der Waals surface area contributed by atoms with Crippen molar-refractivity contribution in [2.75, 3.05) is 0 Å². The van der Waals surface area contributed by atoms with Crippen molar-refractivity contribution in [1.29, 1.82) is 0 Å². The van der Waals surface area contributed by atoms with E-state index >= 15 is 0 Å². The van der Waals surface area contributed by atoms with Crippen LogP contribution >= 0.6 is 0 Å². The average molecular weight is 239 g/mol. The highest BCUT2D eigenvalue weighted by Gasteiger charge is 2.50. The maximum Gasteiger partial charge on any atom is 0.470 e. The summed E-state index contributed by atoms with van der Waals surface area (Å²) in [6.45, 7) is 0. The van der Waals surface area contributed by atoms with E-state index in [9.17, 15) is 30.9 Å². The summed E-state index contributed by atoms with van der Waals surface area (Å²) in [6, 6.07) is -5.06. The summed E-state index contributed by atoms with van der Waals surface area (Å²) in [6.07, 6.45) is -5.17. The Kier molecular flexibility index (Phi) is 2.59. The van der Waals surface area contributed by atoms with Crippen LogP contribution in [0, 0.1) is 0 Å². The molecular formula is C4F7N3O. The van der Waals surface area contributed by atoms with Crippen molar-refractivity contribution in [3.8, 4) is 0 Å². The lowest BCUT2D eigenvalue weighted by Gasteiger charge is -2.09. The zero-order chi connectivity index (χ0) is 11.9. The van der Waals surface area contributed by atoms with Crippen LogP contribution in [0.3, 0.4) is 0 Å². The van der Waals surface area contributed by atoms with Gasteiger partial charge in [0.25, 0.3) is 0 Å². The summed E-state index contributed by atoms with van der Waals surface area (Å²) in [5, 5.41) is 1.68. The van der Waals surface area contributed by atoms with E-state index in [1.165, 1.54) is 0 Å². The molecule has 0 spiro atoms. The Labute approximate surface area is 76.2 Å². The molecule has 0 aliphatic rings. The van der Waals surface area contributed by atoms with E-state index in [4.69, 9.17) is 0 Å². The second-order valence-corrected chi connectivity index (χ2v) is 2.18. The summed E-state index contributed by atoms with van der Waals surface area (Å²) in [7, 11) is 0. The third-order valence-corrected chi connectivity index (χ3v) is 1.14. The van der Waals surface area contributed by atoms with E-state index in [0.29, 0.717) is 0 Å². The fourth-order valence-electron chi connectivity index (χ4n) is 0.532. The van der Waals surface area contributed by atoms with Gasteiger partial charge in [0.1, 0.15) is 5.34 Å². The van der Waals surface area contributed by atoms with Crippen molar-refractivity contribution in [2.24, 2.45) is 0 Å². The lowest BCUT2D eigenvalue weighted by Crippen LogP contribution is -2.26. The third kappa shape index (κ3) is 2.16.